The summed E-state index contributed by atoms with van der Waals surface area (Å²) in [5.74, 6) is 1.72. The van der Waals surface area contributed by atoms with Gasteiger partial charge in [-0.3, -0.25) is 9.59 Å². The van der Waals surface area contributed by atoms with Crippen molar-refractivity contribution >= 4 is 17.5 Å². The zero-order chi connectivity index (χ0) is 23.8. The predicted octanol–water partition coefficient (Wildman–Crippen LogP) is 3.99. The van der Waals surface area contributed by atoms with E-state index < -0.39 is 0 Å². The number of nitrogens with one attached hydrogen (secondary N) is 2. The number of anilines is 1. The first-order chi connectivity index (χ1) is 16.6. The maximum Gasteiger partial charge on any atom is 0.224 e. The molecular formula is C27H34N2O5. The van der Waals surface area contributed by atoms with Gasteiger partial charge in [0.05, 0.1) is 13.2 Å². The quantitative estimate of drug-likeness (QED) is 0.517. The summed E-state index contributed by atoms with van der Waals surface area (Å²) in [4.78, 5) is 24.1. The Morgan fingerprint density at radius 1 is 1.06 bits per heavy atom. The lowest BCUT2D eigenvalue weighted by Gasteiger charge is -2.38. The van der Waals surface area contributed by atoms with Crippen molar-refractivity contribution in [2.24, 2.45) is 0 Å². The summed E-state index contributed by atoms with van der Waals surface area (Å²) in [5.41, 5.74) is 3.04. The molecule has 0 bridgehead atoms. The molecule has 0 atom stereocenters. The maximum absolute atomic E-state index is 12.6. The number of carbonyl (C=O) groups is 2. The minimum absolute atomic E-state index is 0.0357. The molecule has 2 aromatic carbocycles. The van der Waals surface area contributed by atoms with Gasteiger partial charge in [0.1, 0.15) is 11.5 Å². The lowest BCUT2D eigenvalue weighted by Crippen LogP contribution is -2.44. The molecule has 0 aliphatic carbocycles. The van der Waals surface area contributed by atoms with Crippen molar-refractivity contribution in [3.05, 3.63) is 53.6 Å². The molecule has 7 nitrogen and oxygen atoms in total. The van der Waals surface area contributed by atoms with Crippen LogP contribution in [0.25, 0.3) is 0 Å². The van der Waals surface area contributed by atoms with Crippen LogP contribution in [0.2, 0.25) is 0 Å². The summed E-state index contributed by atoms with van der Waals surface area (Å²) in [7, 11) is 0. The number of carbonyl (C=O) groups excluding carboxylic acids is 2. The molecule has 0 unspecified atom stereocenters. The van der Waals surface area contributed by atoms with Crippen molar-refractivity contribution in [2.45, 2.75) is 50.9 Å². The highest BCUT2D eigenvalue weighted by Crippen LogP contribution is 2.35. The summed E-state index contributed by atoms with van der Waals surface area (Å²) in [6, 6.07) is 13.9. The first-order valence-corrected chi connectivity index (χ1v) is 12.2. The van der Waals surface area contributed by atoms with Gasteiger partial charge in [0.15, 0.2) is 0 Å². The van der Waals surface area contributed by atoms with Gasteiger partial charge in [-0.1, -0.05) is 12.1 Å². The number of aryl methyl sites for hydroxylation is 1. The first-order valence-electron chi connectivity index (χ1n) is 12.2. The third kappa shape index (κ3) is 6.08. The zero-order valence-electron chi connectivity index (χ0n) is 19.9. The monoisotopic (exact) mass is 466 g/mol. The van der Waals surface area contributed by atoms with E-state index in [2.05, 4.69) is 22.8 Å². The molecule has 0 radical (unpaired) electrons. The molecule has 2 aliphatic heterocycles. The Kier molecular flexibility index (Phi) is 8.06. The fraction of sp³-hybridized carbons (Fsp3) is 0.481. The fourth-order valence-corrected chi connectivity index (χ4v) is 4.63. The molecule has 7 heteroatoms. The SMILES string of the molecule is CCOc1ccc(C2(CNC(=O)CCCOc3ccc4c(c3)CCC(=O)N4)CCOCC2)cc1. The summed E-state index contributed by atoms with van der Waals surface area (Å²) < 4.78 is 17.0. The first kappa shape index (κ1) is 24.1. The maximum atomic E-state index is 12.6. The van der Waals surface area contributed by atoms with E-state index >= 15 is 0 Å². The highest BCUT2D eigenvalue weighted by atomic mass is 16.5. The van der Waals surface area contributed by atoms with Gasteiger partial charge >= 0.3 is 0 Å². The second-order valence-corrected chi connectivity index (χ2v) is 8.95. The lowest BCUT2D eigenvalue weighted by molar-refractivity contribution is -0.121. The molecule has 0 spiro atoms. The van der Waals surface area contributed by atoms with Crippen molar-refractivity contribution < 1.29 is 23.8 Å². The topological polar surface area (TPSA) is 85.9 Å². The number of rotatable bonds is 10. The normalized spacial score (nSPS) is 16.8. The molecule has 2 aromatic rings. The van der Waals surface area contributed by atoms with Gasteiger partial charge in [-0.15, -0.1) is 0 Å². The molecule has 1 saturated heterocycles. The van der Waals surface area contributed by atoms with Crippen LogP contribution < -0.4 is 20.1 Å². The molecule has 0 saturated carbocycles. The Morgan fingerprint density at radius 3 is 2.59 bits per heavy atom. The van der Waals surface area contributed by atoms with Crippen molar-refractivity contribution in [1.82, 2.24) is 5.32 Å². The van der Waals surface area contributed by atoms with Gasteiger partial charge in [-0.2, -0.15) is 0 Å². The van der Waals surface area contributed by atoms with Gasteiger partial charge < -0.3 is 24.8 Å². The van der Waals surface area contributed by atoms with Crippen LogP contribution in [0.1, 0.15) is 50.2 Å². The predicted molar refractivity (Wildman–Crippen MR) is 130 cm³/mol. The molecule has 2 amide bonds. The molecule has 2 N–H and O–H groups in total. The van der Waals surface area contributed by atoms with E-state index in [4.69, 9.17) is 14.2 Å². The Hall–Kier alpha value is -3.06. The summed E-state index contributed by atoms with van der Waals surface area (Å²) in [6.07, 6.45) is 4.03. The third-order valence-electron chi connectivity index (χ3n) is 6.64. The number of benzene rings is 2. The minimum atomic E-state index is -0.117. The van der Waals surface area contributed by atoms with Crippen LogP contribution in [0.5, 0.6) is 11.5 Å². The molecule has 4 rings (SSSR count). The minimum Gasteiger partial charge on any atom is -0.494 e. The molecule has 1 fully saturated rings. The summed E-state index contributed by atoms with van der Waals surface area (Å²) in [6.45, 7) is 5.07. The van der Waals surface area contributed by atoms with E-state index in [1.54, 1.807) is 0 Å². The van der Waals surface area contributed by atoms with E-state index in [0.29, 0.717) is 52.2 Å². The molecular weight excluding hydrogens is 432 g/mol. The Balaban J connectivity index is 1.24. The third-order valence-corrected chi connectivity index (χ3v) is 6.64. The van der Waals surface area contributed by atoms with E-state index in [-0.39, 0.29) is 17.2 Å². The van der Waals surface area contributed by atoms with Crippen molar-refractivity contribution in [2.75, 3.05) is 38.3 Å². The second-order valence-electron chi connectivity index (χ2n) is 8.95. The molecule has 182 valence electrons. The average Bonchev–Trinajstić information content (AvgIpc) is 2.86. The molecule has 0 aromatic heterocycles. The Labute approximate surface area is 201 Å². The van der Waals surface area contributed by atoms with Crippen molar-refractivity contribution in [3.8, 4) is 11.5 Å². The van der Waals surface area contributed by atoms with Crippen LogP contribution >= 0.6 is 0 Å². The Bertz CT molecular complexity index is 983. The van der Waals surface area contributed by atoms with Gasteiger partial charge in [0, 0.05) is 43.7 Å². The average molecular weight is 467 g/mol. The summed E-state index contributed by atoms with van der Waals surface area (Å²) in [5, 5.41) is 6.03. The smallest absolute Gasteiger partial charge is 0.224 e. The zero-order valence-corrected chi connectivity index (χ0v) is 19.9. The van der Waals surface area contributed by atoms with Gasteiger partial charge in [0.2, 0.25) is 11.8 Å². The molecule has 2 heterocycles. The van der Waals surface area contributed by atoms with Crippen LogP contribution in [0, 0.1) is 0 Å². The standard InChI is InChI=1S/C27H34N2O5/c1-2-33-22-8-6-21(7-9-22)27(13-16-32-17-14-27)19-28-25(30)4-3-15-34-23-10-11-24-20(18-23)5-12-26(31)29-24/h6-11,18H,2-5,12-17,19H2,1H3,(H,28,30)(H,29,31). The lowest BCUT2D eigenvalue weighted by atomic mass is 9.74. The Morgan fingerprint density at radius 2 is 1.82 bits per heavy atom. The highest BCUT2D eigenvalue weighted by molar-refractivity contribution is 5.94. The van der Waals surface area contributed by atoms with Crippen molar-refractivity contribution in [1.29, 1.82) is 0 Å². The van der Waals surface area contributed by atoms with E-state index in [1.807, 2.05) is 37.3 Å². The highest BCUT2D eigenvalue weighted by Gasteiger charge is 2.34. The molecule has 2 aliphatic rings. The van der Waals surface area contributed by atoms with Crippen LogP contribution in [-0.4, -0.2) is 44.8 Å². The van der Waals surface area contributed by atoms with Crippen LogP contribution in [-0.2, 0) is 26.2 Å². The van der Waals surface area contributed by atoms with E-state index in [1.165, 1.54) is 5.56 Å². The van der Waals surface area contributed by atoms with Crippen LogP contribution in [0.4, 0.5) is 5.69 Å². The van der Waals surface area contributed by atoms with E-state index in [9.17, 15) is 9.59 Å². The number of hydrogen-bond donors (Lipinski definition) is 2. The van der Waals surface area contributed by atoms with Gasteiger partial charge in [-0.25, -0.2) is 0 Å². The van der Waals surface area contributed by atoms with Gasteiger partial charge in [0.25, 0.3) is 0 Å². The van der Waals surface area contributed by atoms with Crippen molar-refractivity contribution in [3.63, 3.8) is 0 Å². The number of ether oxygens (including phenoxy) is 3. The largest absolute Gasteiger partial charge is 0.494 e. The number of amides is 2. The molecule has 34 heavy (non-hydrogen) atoms. The van der Waals surface area contributed by atoms with Gasteiger partial charge in [-0.05, 0) is 74.1 Å². The number of fused-ring (bicyclic) bond motifs is 1. The number of hydrogen-bond acceptors (Lipinski definition) is 5. The van der Waals surface area contributed by atoms with Crippen LogP contribution in [0.15, 0.2) is 42.5 Å². The van der Waals surface area contributed by atoms with E-state index in [0.717, 1.165) is 42.0 Å². The second kappa shape index (κ2) is 11.4. The fourth-order valence-electron chi connectivity index (χ4n) is 4.63. The summed E-state index contributed by atoms with van der Waals surface area (Å²) >= 11 is 0. The van der Waals surface area contributed by atoms with Crippen LogP contribution in [0.3, 0.4) is 0 Å².